The van der Waals surface area contributed by atoms with Crippen molar-refractivity contribution in [2.75, 3.05) is 20.1 Å². The maximum absolute atomic E-state index is 12.0. The number of halogens is 1. The summed E-state index contributed by atoms with van der Waals surface area (Å²) in [5.74, 6) is -0.0113. The van der Waals surface area contributed by atoms with Gasteiger partial charge in [0.05, 0.1) is 5.56 Å². The van der Waals surface area contributed by atoms with E-state index in [1.807, 2.05) is 25.1 Å². The number of hydrogen-bond donors (Lipinski definition) is 1. The van der Waals surface area contributed by atoms with Gasteiger partial charge in [-0.2, -0.15) is 0 Å². The third kappa shape index (κ3) is 4.96. The molecule has 1 rings (SSSR count). The highest BCUT2D eigenvalue weighted by molar-refractivity contribution is 9.10. The molecule has 0 saturated carbocycles. The van der Waals surface area contributed by atoms with Crippen LogP contribution in [0.4, 0.5) is 0 Å². The molecule has 0 aliphatic heterocycles. The number of hydrogen-bond acceptors (Lipinski definition) is 2. The molecule has 1 amide bonds. The zero-order chi connectivity index (χ0) is 14.4. The van der Waals surface area contributed by atoms with E-state index in [1.165, 1.54) is 0 Å². The fourth-order valence-corrected chi connectivity index (χ4v) is 2.15. The molecule has 0 heterocycles. The maximum Gasteiger partial charge on any atom is 0.252 e. The van der Waals surface area contributed by atoms with Crippen LogP contribution in [0.3, 0.4) is 0 Å². The Morgan fingerprint density at radius 2 is 2.11 bits per heavy atom. The highest BCUT2D eigenvalue weighted by Crippen LogP contribution is 2.20. The summed E-state index contributed by atoms with van der Waals surface area (Å²) in [4.78, 5) is 14.3. The van der Waals surface area contributed by atoms with Crippen molar-refractivity contribution in [3.63, 3.8) is 0 Å². The lowest BCUT2D eigenvalue weighted by molar-refractivity contribution is 0.0951. The first-order valence-corrected chi connectivity index (χ1v) is 7.46. The van der Waals surface area contributed by atoms with Crippen molar-refractivity contribution in [3.05, 3.63) is 33.8 Å². The second kappa shape index (κ2) is 7.65. The molecule has 0 aliphatic rings. The lowest BCUT2D eigenvalue weighted by Gasteiger charge is -2.20. The summed E-state index contributed by atoms with van der Waals surface area (Å²) in [6.45, 7) is 8.02. The van der Waals surface area contributed by atoms with Crippen LogP contribution in [0.25, 0.3) is 0 Å². The summed E-state index contributed by atoms with van der Waals surface area (Å²) in [5.41, 5.74) is 1.78. The standard InChI is InChI=1S/C15H23BrN2O/c1-11(2)18(4)10-6-9-17-15(19)13-8-5-7-12(3)14(13)16/h5,7-8,11H,6,9-10H2,1-4H3,(H,17,19). The van der Waals surface area contributed by atoms with Gasteiger partial charge in [-0.15, -0.1) is 0 Å². The summed E-state index contributed by atoms with van der Waals surface area (Å²) in [6.07, 6.45) is 0.962. The van der Waals surface area contributed by atoms with Crippen LogP contribution >= 0.6 is 15.9 Å². The van der Waals surface area contributed by atoms with E-state index >= 15 is 0 Å². The first-order valence-electron chi connectivity index (χ1n) is 6.67. The van der Waals surface area contributed by atoms with Gasteiger partial charge in [0.25, 0.3) is 5.91 Å². The molecule has 1 aromatic carbocycles. The molecule has 0 saturated heterocycles. The topological polar surface area (TPSA) is 32.3 Å². The molecule has 0 radical (unpaired) electrons. The quantitative estimate of drug-likeness (QED) is 0.814. The molecule has 3 nitrogen and oxygen atoms in total. The normalized spacial score (nSPS) is 11.1. The van der Waals surface area contributed by atoms with E-state index < -0.39 is 0 Å². The van der Waals surface area contributed by atoms with Crippen molar-refractivity contribution in [1.29, 1.82) is 0 Å². The van der Waals surface area contributed by atoms with Crippen molar-refractivity contribution >= 4 is 21.8 Å². The molecule has 0 spiro atoms. The minimum absolute atomic E-state index is 0.0113. The molecule has 0 aliphatic carbocycles. The molecule has 106 valence electrons. The Labute approximate surface area is 124 Å². The molecule has 0 unspecified atom stereocenters. The smallest absolute Gasteiger partial charge is 0.252 e. The average Bonchev–Trinajstić information content (AvgIpc) is 2.37. The fraction of sp³-hybridized carbons (Fsp3) is 0.533. The van der Waals surface area contributed by atoms with Crippen LogP contribution in [0, 0.1) is 6.92 Å². The highest BCUT2D eigenvalue weighted by atomic mass is 79.9. The predicted molar refractivity (Wildman–Crippen MR) is 83.6 cm³/mol. The predicted octanol–water partition coefficient (Wildman–Crippen LogP) is 3.22. The molecule has 0 bridgehead atoms. The highest BCUT2D eigenvalue weighted by Gasteiger charge is 2.10. The van der Waals surface area contributed by atoms with Crippen LogP contribution in [-0.2, 0) is 0 Å². The second-order valence-electron chi connectivity index (χ2n) is 5.12. The van der Waals surface area contributed by atoms with Crippen LogP contribution in [-0.4, -0.2) is 37.0 Å². The van der Waals surface area contributed by atoms with E-state index in [9.17, 15) is 4.79 Å². The van der Waals surface area contributed by atoms with Gasteiger partial charge in [0, 0.05) is 17.1 Å². The van der Waals surface area contributed by atoms with E-state index in [0.717, 1.165) is 23.0 Å². The van der Waals surface area contributed by atoms with Crippen LogP contribution in [0.2, 0.25) is 0 Å². The summed E-state index contributed by atoms with van der Waals surface area (Å²) in [5, 5.41) is 2.97. The number of carbonyl (C=O) groups excluding carboxylic acids is 1. The van der Waals surface area contributed by atoms with Crippen LogP contribution in [0.15, 0.2) is 22.7 Å². The van der Waals surface area contributed by atoms with Crippen molar-refractivity contribution in [2.24, 2.45) is 0 Å². The molecule has 0 aromatic heterocycles. The molecule has 1 N–H and O–H groups in total. The number of carbonyl (C=O) groups is 1. The van der Waals surface area contributed by atoms with Gasteiger partial charge in [-0.05, 0) is 68.3 Å². The second-order valence-corrected chi connectivity index (χ2v) is 5.91. The number of rotatable bonds is 6. The third-order valence-corrected chi connectivity index (χ3v) is 4.34. The Balaban J connectivity index is 2.42. The third-order valence-electron chi connectivity index (χ3n) is 3.29. The van der Waals surface area contributed by atoms with E-state index in [1.54, 1.807) is 0 Å². The zero-order valence-corrected chi connectivity index (χ0v) is 13.8. The van der Waals surface area contributed by atoms with Crippen LogP contribution < -0.4 is 5.32 Å². The van der Waals surface area contributed by atoms with E-state index in [-0.39, 0.29) is 5.91 Å². The van der Waals surface area contributed by atoms with Gasteiger partial charge < -0.3 is 10.2 Å². The van der Waals surface area contributed by atoms with Gasteiger partial charge in [-0.1, -0.05) is 12.1 Å². The van der Waals surface area contributed by atoms with Gasteiger partial charge >= 0.3 is 0 Å². The lowest BCUT2D eigenvalue weighted by Crippen LogP contribution is -2.31. The van der Waals surface area contributed by atoms with Gasteiger partial charge in [0.15, 0.2) is 0 Å². The van der Waals surface area contributed by atoms with Crippen LogP contribution in [0.5, 0.6) is 0 Å². The largest absolute Gasteiger partial charge is 0.352 e. The van der Waals surface area contributed by atoms with Crippen molar-refractivity contribution < 1.29 is 4.79 Å². The van der Waals surface area contributed by atoms with Gasteiger partial charge in [-0.3, -0.25) is 4.79 Å². The van der Waals surface area contributed by atoms with E-state index in [4.69, 9.17) is 0 Å². The molecular formula is C15H23BrN2O. The van der Waals surface area contributed by atoms with Crippen LogP contribution in [0.1, 0.15) is 36.2 Å². The molecule has 0 atom stereocenters. The summed E-state index contributed by atoms with van der Waals surface area (Å²) in [6, 6.07) is 6.27. The first kappa shape index (κ1) is 16.2. The van der Waals surface area contributed by atoms with E-state index in [2.05, 4.69) is 47.0 Å². The molecular weight excluding hydrogens is 304 g/mol. The number of nitrogens with one attached hydrogen (secondary N) is 1. The zero-order valence-electron chi connectivity index (χ0n) is 12.2. The first-order chi connectivity index (χ1) is 8.93. The molecule has 19 heavy (non-hydrogen) atoms. The molecule has 1 aromatic rings. The number of benzene rings is 1. The SMILES string of the molecule is Cc1cccc(C(=O)NCCCN(C)C(C)C)c1Br. The van der Waals surface area contributed by atoms with Gasteiger partial charge in [0.2, 0.25) is 0 Å². The average molecular weight is 327 g/mol. The number of nitrogens with zero attached hydrogens (tertiary/aromatic N) is 1. The Morgan fingerprint density at radius 3 is 2.74 bits per heavy atom. The monoisotopic (exact) mass is 326 g/mol. The number of aryl methyl sites for hydroxylation is 1. The summed E-state index contributed by atoms with van der Waals surface area (Å²) in [7, 11) is 2.10. The minimum atomic E-state index is -0.0113. The molecule has 0 fully saturated rings. The molecule has 4 heteroatoms. The Hall–Kier alpha value is -0.870. The van der Waals surface area contributed by atoms with Crippen molar-refractivity contribution in [1.82, 2.24) is 10.2 Å². The summed E-state index contributed by atoms with van der Waals surface area (Å²) < 4.78 is 0.881. The Bertz CT molecular complexity index is 432. The fourth-order valence-electron chi connectivity index (χ4n) is 1.71. The maximum atomic E-state index is 12.0. The minimum Gasteiger partial charge on any atom is -0.352 e. The summed E-state index contributed by atoms with van der Waals surface area (Å²) >= 11 is 3.46. The van der Waals surface area contributed by atoms with Crippen molar-refractivity contribution in [2.45, 2.75) is 33.2 Å². The lowest BCUT2D eigenvalue weighted by atomic mass is 10.1. The van der Waals surface area contributed by atoms with Gasteiger partial charge in [0.1, 0.15) is 0 Å². The Morgan fingerprint density at radius 1 is 1.42 bits per heavy atom. The number of amides is 1. The van der Waals surface area contributed by atoms with E-state index in [0.29, 0.717) is 18.2 Å². The van der Waals surface area contributed by atoms with Gasteiger partial charge in [-0.25, -0.2) is 0 Å². The van der Waals surface area contributed by atoms with Crippen molar-refractivity contribution in [3.8, 4) is 0 Å². The Kier molecular flexibility index (Phi) is 6.52.